The zero-order valence-corrected chi connectivity index (χ0v) is 10.5. The number of nitrogens with two attached hydrogens (primary N) is 1. The number of carbonyl (C=O) groups excluding carboxylic acids is 1. The van der Waals surface area contributed by atoms with Gasteiger partial charge in [-0.25, -0.2) is 0 Å². The number of carbonyl (C=O) groups is 1. The van der Waals surface area contributed by atoms with Gasteiger partial charge in [0.2, 0.25) is 0 Å². The number of allylic oxidation sites excluding steroid dienone is 6. The van der Waals surface area contributed by atoms with E-state index in [0.29, 0.717) is 0 Å². The Morgan fingerprint density at radius 3 is 2.44 bits per heavy atom. The first-order valence-corrected chi connectivity index (χ1v) is 5.35. The van der Waals surface area contributed by atoms with Gasteiger partial charge >= 0.3 is 0 Å². The lowest BCUT2D eigenvalue weighted by Crippen LogP contribution is -1.93. The van der Waals surface area contributed by atoms with Crippen LogP contribution in [0.1, 0.15) is 19.8 Å². The number of hydrogen-bond acceptors (Lipinski definition) is 3. The molecule has 92 valence electrons. The van der Waals surface area contributed by atoms with Crippen molar-refractivity contribution in [3.8, 4) is 0 Å². The maximum absolute atomic E-state index is 10.2. The third-order valence-electron chi connectivity index (χ3n) is 1.43. The van der Waals surface area contributed by atoms with E-state index in [-0.39, 0.29) is 0 Å². The van der Waals surface area contributed by atoms with Crippen LogP contribution in [0.5, 0.6) is 0 Å². The van der Waals surface area contributed by atoms with E-state index in [2.05, 4.69) is 11.7 Å². The quantitative estimate of drug-likeness (QED) is 0.733. The van der Waals surface area contributed by atoms with Gasteiger partial charge in [-0.1, -0.05) is 37.3 Å². The number of rotatable bonds is 2. The number of hydrogen-bond donors (Lipinski definition) is 1. The molecule has 0 bridgehead atoms. The van der Waals surface area contributed by atoms with Crippen LogP contribution in [0.25, 0.3) is 0 Å². The van der Waals surface area contributed by atoms with Gasteiger partial charge < -0.3 is 10.5 Å². The second-order valence-corrected chi connectivity index (χ2v) is 3.05. The summed E-state index contributed by atoms with van der Waals surface area (Å²) in [4.78, 5) is 10.2. The monoisotopic (exact) mass is 225 g/mol. The van der Waals surface area contributed by atoms with Crippen molar-refractivity contribution in [1.82, 2.24) is 0 Å². The highest BCUT2D eigenvalue weighted by molar-refractivity contribution is 5.78. The van der Waals surface area contributed by atoms with Crippen LogP contribution in [0.3, 0.4) is 0 Å². The van der Waals surface area contributed by atoms with Crippen LogP contribution < -0.4 is 5.73 Å². The molecule has 0 saturated heterocycles. The molecule has 16 heavy (non-hydrogen) atoms. The van der Waals surface area contributed by atoms with Crippen molar-refractivity contribution in [2.24, 2.45) is 5.73 Å². The minimum absolute atomic E-state index is 0.740. The molecule has 0 spiro atoms. The highest BCUT2D eigenvalue weighted by atomic mass is 16.4. The molecule has 3 heteroatoms. The normalized spacial score (nSPS) is 12.4. The molecule has 0 unspecified atom stereocenters. The molecular weight excluding hydrogens is 202 g/mol. The molecule has 2 N–H and O–H groups in total. The minimum Gasteiger partial charge on any atom is -0.388 e. The molecule has 0 radical (unpaired) electrons. The lowest BCUT2D eigenvalue weighted by atomic mass is 10.3. The van der Waals surface area contributed by atoms with Crippen LogP contribution >= 0.6 is 0 Å². The predicted octanol–water partition coefficient (Wildman–Crippen LogP) is 2.25. The molecular formula is C13H23NO2. The predicted molar refractivity (Wildman–Crippen MR) is 69.3 cm³/mol. The Kier molecular flexibility index (Phi) is 17.5. The van der Waals surface area contributed by atoms with Crippen LogP contribution in [-0.2, 0) is 9.53 Å². The molecule has 0 fully saturated rings. The van der Waals surface area contributed by atoms with Gasteiger partial charge in [-0.2, -0.15) is 0 Å². The highest BCUT2D eigenvalue weighted by Crippen LogP contribution is 2.00. The van der Waals surface area contributed by atoms with E-state index in [9.17, 15) is 4.79 Å². The van der Waals surface area contributed by atoms with E-state index in [1.807, 2.05) is 24.3 Å². The Balaban J connectivity index is 0. The Hall–Kier alpha value is -1.19. The van der Waals surface area contributed by atoms with Gasteiger partial charge in [0.15, 0.2) is 0 Å². The van der Waals surface area contributed by atoms with Crippen LogP contribution in [0, 0.1) is 0 Å². The van der Waals surface area contributed by atoms with Crippen molar-refractivity contribution in [3.05, 3.63) is 36.0 Å². The van der Waals surface area contributed by atoms with Gasteiger partial charge in [-0.3, -0.25) is 4.79 Å². The fourth-order valence-corrected chi connectivity index (χ4v) is 0.675. The lowest BCUT2D eigenvalue weighted by Gasteiger charge is -1.80. The molecule has 0 amide bonds. The smallest absolute Gasteiger partial charge is 0.150 e. The Morgan fingerprint density at radius 2 is 2.00 bits per heavy atom. The zero-order chi connectivity index (χ0) is 12.6. The summed E-state index contributed by atoms with van der Waals surface area (Å²) in [5.41, 5.74) is 5.77. The molecule has 3 nitrogen and oxygen atoms in total. The van der Waals surface area contributed by atoms with Crippen molar-refractivity contribution in [3.63, 3.8) is 0 Å². The highest BCUT2D eigenvalue weighted by Gasteiger charge is 1.86. The Morgan fingerprint density at radius 1 is 1.44 bits per heavy atom. The molecule has 0 aromatic carbocycles. The zero-order valence-electron chi connectivity index (χ0n) is 10.5. The second-order valence-electron chi connectivity index (χ2n) is 3.05. The molecule has 0 heterocycles. The summed E-state index contributed by atoms with van der Waals surface area (Å²) in [5.74, 6) is 0. The molecule has 0 aliphatic heterocycles. The average Bonchev–Trinajstić information content (AvgIpc) is 2.58. The van der Waals surface area contributed by atoms with Crippen LogP contribution in [0.4, 0.5) is 0 Å². The van der Waals surface area contributed by atoms with E-state index in [1.165, 1.54) is 0 Å². The summed E-state index contributed by atoms with van der Waals surface area (Å²) in [6.07, 6.45) is 12.4. The van der Waals surface area contributed by atoms with Crippen LogP contribution in [-0.4, -0.2) is 27.1 Å². The Labute approximate surface area is 98.7 Å². The van der Waals surface area contributed by atoms with Gasteiger partial charge in [0.1, 0.15) is 6.29 Å². The third-order valence-corrected chi connectivity index (χ3v) is 1.43. The van der Waals surface area contributed by atoms with Gasteiger partial charge in [-0.15, -0.1) is 0 Å². The SMILES string of the molecule is CCCN.COC.O=CC1=CC=CCC=C1. The maximum atomic E-state index is 10.2. The van der Waals surface area contributed by atoms with E-state index in [0.717, 1.165) is 31.2 Å². The van der Waals surface area contributed by atoms with Crippen molar-refractivity contribution >= 4 is 6.29 Å². The molecule has 0 aromatic rings. The first-order valence-electron chi connectivity index (χ1n) is 5.35. The minimum atomic E-state index is 0.740. The summed E-state index contributed by atoms with van der Waals surface area (Å²) in [6.45, 7) is 2.88. The maximum Gasteiger partial charge on any atom is 0.150 e. The first-order chi connectivity index (χ1) is 7.76. The van der Waals surface area contributed by atoms with Gasteiger partial charge in [-0.05, 0) is 19.4 Å². The van der Waals surface area contributed by atoms with Gasteiger partial charge in [0.25, 0.3) is 0 Å². The standard InChI is InChI=1S/C8H8O.C3H9N.C2H6O/c9-7-8-5-3-1-2-4-6-8;1-2-3-4;1-3-2/h1,3-7H,2H2;2-4H2,1H3;1-2H3. The summed E-state index contributed by atoms with van der Waals surface area (Å²) in [6, 6.07) is 0. The first kappa shape index (κ1) is 17.2. The number of methoxy groups -OCH3 is 1. The Bertz CT molecular complexity index is 228. The summed E-state index contributed by atoms with van der Waals surface area (Å²) in [7, 11) is 3.25. The van der Waals surface area contributed by atoms with Crippen LogP contribution in [0.2, 0.25) is 0 Å². The van der Waals surface area contributed by atoms with Crippen molar-refractivity contribution < 1.29 is 9.53 Å². The second kappa shape index (κ2) is 16.2. The van der Waals surface area contributed by atoms with E-state index >= 15 is 0 Å². The molecule has 1 rings (SSSR count). The van der Waals surface area contributed by atoms with Gasteiger partial charge in [0.05, 0.1) is 0 Å². The molecule has 0 aromatic heterocycles. The fraction of sp³-hybridized carbons (Fsp3) is 0.462. The van der Waals surface area contributed by atoms with Crippen LogP contribution in [0.15, 0.2) is 36.0 Å². The fourth-order valence-electron chi connectivity index (χ4n) is 0.675. The number of ether oxygens (including phenoxy) is 1. The van der Waals surface area contributed by atoms with E-state index < -0.39 is 0 Å². The third kappa shape index (κ3) is 15.3. The average molecular weight is 225 g/mol. The van der Waals surface area contributed by atoms with Crippen molar-refractivity contribution in [2.45, 2.75) is 19.8 Å². The summed E-state index contributed by atoms with van der Waals surface area (Å²) >= 11 is 0. The van der Waals surface area contributed by atoms with Gasteiger partial charge in [0, 0.05) is 19.8 Å². The van der Waals surface area contributed by atoms with Crippen molar-refractivity contribution in [1.29, 1.82) is 0 Å². The molecule has 0 atom stereocenters. The van der Waals surface area contributed by atoms with E-state index in [1.54, 1.807) is 20.3 Å². The topological polar surface area (TPSA) is 52.3 Å². The largest absolute Gasteiger partial charge is 0.388 e. The van der Waals surface area contributed by atoms with E-state index in [4.69, 9.17) is 5.73 Å². The summed E-state index contributed by atoms with van der Waals surface area (Å²) in [5, 5.41) is 0. The number of aldehydes is 1. The molecule has 1 aliphatic rings. The molecule has 1 aliphatic carbocycles. The van der Waals surface area contributed by atoms with Crippen molar-refractivity contribution in [2.75, 3.05) is 20.8 Å². The molecule has 0 saturated carbocycles. The lowest BCUT2D eigenvalue weighted by molar-refractivity contribution is -0.104. The summed E-state index contributed by atoms with van der Waals surface area (Å²) < 4.78 is 4.25.